The minimum atomic E-state index is -0.556. The molecule has 0 saturated carbocycles. The van der Waals surface area contributed by atoms with Crippen LogP contribution in [0.25, 0.3) is 0 Å². The third-order valence-corrected chi connectivity index (χ3v) is 6.40. The van der Waals surface area contributed by atoms with E-state index < -0.39 is 5.54 Å². The third-order valence-electron chi connectivity index (χ3n) is 6.17. The van der Waals surface area contributed by atoms with Crippen LogP contribution in [0.2, 0.25) is 5.02 Å². The minimum Gasteiger partial charge on any atom is -0.377 e. The number of aromatic nitrogens is 3. The van der Waals surface area contributed by atoms with E-state index in [2.05, 4.69) is 15.3 Å². The van der Waals surface area contributed by atoms with Crippen molar-refractivity contribution in [3.8, 4) is 0 Å². The van der Waals surface area contributed by atoms with Crippen molar-refractivity contribution < 1.29 is 9.59 Å². The van der Waals surface area contributed by atoms with Crippen LogP contribution >= 0.6 is 11.6 Å². The van der Waals surface area contributed by atoms with Crippen LogP contribution in [-0.2, 0) is 12.6 Å². The molecule has 2 aliphatic rings. The molecule has 1 saturated heterocycles. The van der Waals surface area contributed by atoms with Gasteiger partial charge in [-0.15, -0.1) is 0 Å². The van der Waals surface area contributed by atoms with Crippen LogP contribution in [0.3, 0.4) is 0 Å². The highest BCUT2D eigenvalue weighted by atomic mass is 35.5. The Morgan fingerprint density at radius 1 is 1.22 bits per heavy atom. The van der Waals surface area contributed by atoms with Gasteiger partial charge in [0.05, 0.1) is 35.3 Å². The normalized spacial score (nSPS) is 17.3. The van der Waals surface area contributed by atoms with E-state index in [0.29, 0.717) is 35.2 Å². The van der Waals surface area contributed by atoms with Gasteiger partial charge in [0.1, 0.15) is 0 Å². The molecule has 0 spiro atoms. The molecule has 164 valence electrons. The zero-order chi connectivity index (χ0) is 22.6. The molecule has 0 radical (unpaired) electrons. The Labute approximate surface area is 190 Å². The van der Waals surface area contributed by atoms with Crippen LogP contribution in [-0.4, -0.2) is 50.4 Å². The molecule has 1 N–H and O–H groups in total. The van der Waals surface area contributed by atoms with Crippen LogP contribution in [0.5, 0.6) is 0 Å². The highest BCUT2D eigenvalue weighted by molar-refractivity contribution is 6.31. The van der Waals surface area contributed by atoms with E-state index in [0.717, 1.165) is 11.3 Å². The van der Waals surface area contributed by atoms with E-state index in [1.807, 2.05) is 26.0 Å². The molecule has 4 heterocycles. The van der Waals surface area contributed by atoms with Crippen molar-refractivity contribution in [2.45, 2.75) is 25.4 Å². The molecule has 2 aliphatic heterocycles. The number of benzene rings is 1. The fraction of sp³-hybridized carbons (Fsp3) is 0.304. The van der Waals surface area contributed by atoms with Crippen molar-refractivity contribution in [2.24, 2.45) is 7.05 Å². The summed E-state index contributed by atoms with van der Waals surface area (Å²) in [5.74, 6) is 0.279. The number of imidazole rings is 1. The van der Waals surface area contributed by atoms with Gasteiger partial charge < -0.3 is 14.8 Å². The predicted octanol–water partition coefficient (Wildman–Crippen LogP) is 3.30. The van der Waals surface area contributed by atoms with E-state index in [1.54, 1.807) is 58.3 Å². The number of nitrogens with one attached hydrogen (secondary N) is 1. The molecular formula is C23H23ClN6O2. The lowest BCUT2D eigenvalue weighted by molar-refractivity contribution is 0.0608. The second-order valence-electron chi connectivity index (χ2n) is 8.73. The third kappa shape index (κ3) is 3.22. The quantitative estimate of drug-likeness (QED) is 0.659. The van der Waals surface area contributed by atoms with Gasteiger partial charge in [0.15, 0.2) is 5.82 Å². The van der Waals surface area contributed by atoms with Crippen LogP contribution in [0, 0.1) is 0 Å². The number of amides is 2. The Hall–Kier alpha value is -3.39. The molecule has 0 unspecified atom stereocenters. The molecule has 2 aromatic heterocycles. The Bertz CT molecular complexity index is 1230. The number of rotatable bonds is 4. The van der Waals surface area contributed by atoms with Crippen LogP contribution in [0.15, 0.2) is 49.1 Å². The first-order chi connectivity index (χ1) is 15.3. The highest BCUT2D eigenvalue weighted by Crippen LogP contribution is 2.43. The molecule has 0 atom stereocenters. The summed E-state index contributed by atoms with van der Waals surface area (Å²) in [5, 5.41) is 4.02. The lowest BCUT2D eigenvalue weighted by Crippen LogP contribution is -2.57. The number of halogens is 1. The Kier molecular flexibility index (Phi) is 4.70. The van der Waals surface area contributed by atoms with E-state index in [-0.39, 0.29) is 17.9 Å². The van der Waals surface area contributed by atoms with Gasteiger partial charge in [0, 0.05) is 43.1 Å². The molecule has 2 amide bonds. The smallest absolute Gasteiger partial charge is 0.289 e. The second-order valence-corrected chi connectivity index (χ2v) is 9.17. The maximum atomic E-state index is 13.2. The number of hydrogen-bond acceptors (Lipinski definition) is 5. The van der Waals surface area contributed by atoms with Crippen LogP contribution < -0.4 is 10.2 Å². The zero-order valence-electron chi connectivity index (χ0n) is 18.0. The summed E-state index contributed by atoms with van der Waals surface area (Å²) in [5.41, 5.74) is 2.50. The largest absolute Gasteiger partial charge is 0.377 e. The molecule has 8 nitrogen and oxygen atoms in total. The number of nitrogens with zero attached hydrogens (tertiary/aromatic N) is 5. The number of pyridine rings is 1. The predicted molar refractivity (Wildman–Crippen MR) is 122 cm³/mol. The maximum Gasteiger partial charge on any atom is 0.289 e. The first kappa shape index (κ1) is 20.5. The number of carbonyl (C=O) groups is 2. The average Bonchev–Trinajstić information content (AvgIpc) is 3.23. The van der Waals surface area contributed by atoms with Gasteiger partial charge >= 0.3 is 0 Å². The van der Waals surface area contributed by atoms with E-state index in [4.69, 9.17) is 11.6 Å². The van der Waals surface area contributed by atoms with Crippen molar-refractivity contribution >= 4 is 34.8 Å². The summed E-state index contributed by atoms with van der Waals surface area (Å²) >= 11 is 6.19. The van der Waals surface area contributed by atoms with Gasteiger partial charge in [0.25, 0.3) is 11.8 Å². The fourth-order valence-electron chi connectivity index (χ4n) is 4.46. The van der Waals surface area contributed by atoms with E-state index in [1.165, 1.54) is 0 Å². The lowest BCUT2D eigenvalue weighted by atomic mass is 9.93. The number of aryl methyl sites for hydroxylation is 1. The molecule has 0 aliphatic carbocycles. The van der Waals surface area contributed by atoms with Gasteiger partial charge in [-0.25, -0.2) is 4.98 Å². The van der Waals surface area contributed by atoms with Crippen LogP contribution in [0.4, 0.5) is 11.4 Å². The summed E-state index contributed by atoms with van der Waals surface area (Å²) in [6.45, 7) is 5.16. The number of fused-ring (bicyclic) bond motifs is 1. The summed E-state index contributed by atoms with van der Waals surface area (Å²) < 4.78 is 1.72. The van der Waals surface area contributed by atoms with E-state index >= 15 is 0 Å². The van der Waals surface area contributed by atoms with Crippen molar-refractivity contribution in [3.05, 3.63) is 71.0 Å². The summed E-state index contributed by atoms with van der Waals surface area (Å²) in [4.78, 5) is 37.7. The first-order valence-corrected chi connectivity index (χ1v) is 10.8. The SMILES string of the molecule is Cn1ccnc1C(=O)N1CC(Nc2cncc(N3C(=O)c4ccc(Cl)cc4C3(C)C)c2)C1. The molecule has 32 heavy (non-hydrogen) atoms. The second kappa shape index (κ2) is 7.34. The summed E-state index contributed by atoms with van der Waals surface area (Å²) in [6, 6.07) is 7.39. The molecule has 1 aromatic carbocycles. The van der Waals surface area contributed by atoms with Crippen molar-refractivity contribution in [1.29, 1.82) is 0 Å². The van der Waals surface area contributed by atoms with Crippen LogP contribution in [0.1, 0.15) is 40.4 Å². The highest BCUT2D eigenvalue weighted by Gasteiger charge is 2.44. The van der Waals surface area contributed by atoms with Gasteiger partial charge in [-0.1, -0.05) is 11.6 Å². The van der Waals surface area contributed by atoms with Gasteiger partial charge in [-0.3, -0.25) is 19.5 Å². The number of anilines is 2. The minimum absolute atomic E-state index is 0.0731. The Morgan fingerprint density at radius 3 is 2.72 bits per heavy atom. The van der Waals surface area contributed by atoms with E-state index in [9.17, 15) is 9.59 Å². The molecular weight excluding hydrogens is 428 g/mol. The maximum absolute atomic E-state index is 13.2. The number of carbonyl (C=O) groups excluding carboxylic acids is 2. The summed E-state index contributed by atoms with van der Waals surface area (Å²) in [7, 11) is 1.81. The summed E-state index contributed by atoms with van der Waals surface area (Å²) in [6.07, 6.45) is 6.79. The average molecular weight is 451 g/mol. The zero-order valence-corrected chi connectivity index (χ0v) is 18.8. The Morgan fingerprint density at radius 2 is 2.00 bits per heavy atom. The molecule has 5 rings (SSSR count). The lowest BCUT2D eigenvalue weighted by Gasteiger charge is -2.40. The molecule has 1 fully saturated rings. The van der Waals surface area contributed by atoms with Crippen molar-refractivity contribution in [1.82, 2.24) is 19.4 Å². The van der Waals surface area contributed by atoms with Crippen molar-refractivity contribution in [2.75, 3.05) is 23.3 Å². The molecule has 9 heteroatoms. The number of hydrogen-bond donors (Lipinski definition) is 1. The van der Waals surface area contributed by atoms with Gasteiger partial charge in [0.2, 0.25) is 0 Å². The van der Waals surface area contributed by atoms with Gasteiger partial charge in [-0.2, -0.15) is 0 Å². The standard InChI is InChI=1S/C23H23ClN6O2/c1-23(2)19-8-14(24)4-5-18(19)21(31)30(23)17-9-15(10-25-11-17)27-16-12-29(13-16)22(32)20-26-6-7-28(20)3/h4-11,16,27H,12-13H2,1-3H3. The molecule has 0 bridgehead atoms. The molecule has 3 aromatic rings. The fourth-order valence-corrected chi connectivity index (χ4v) is 4.63. The first-order valence-electron chi connectivity index (χ1n) is 10.4. The Balaban J connectivity index is 1.31. The van der Waals surface area contributed by atoms with Gasteiger partial charge in [-0.05, 0) is 43.7 Å². The number of likely N-dealkylation sites (tertiary alicyclic amines) is 1. The monoisotopic (exact) mass is 450 g/mol. The van der Waals surface area contributed by atoms with Crippen molar-refractivity contribution in [3.63, 3.8) is 0 Å². The topological polar surface area (TPSA) is 83.4 Å².